The number of nitriles is 1. The first kappa shape index (κ1) is 19.4. The fourth-order valence-corrected chi connectivity index (χ4v) is 4.27. The first-order valence-electron chi connectivity index (χ1n) is 9.32. The van der Waals surface area contributed by atoms with E-state index in [9.17, 15) is 13.2 Å². The highest BCUT2D eigenvalue weighted by molar-refractivity contribution is 5.61. The molecule has 0 aliphatic heterocycles. The predicted molar refractivity (Wildman–Crippen MR) is 95.7 cm³/mol. The van der Waals surface area contributed by atoms with E-state index in [2.05, 4.69) is 16.3 Å². The Morgan fingerprint density at radius 1 is 1.15 bits per heavy atom. The molecule has 0 bridgehead atoms. The maximum atomic E-state index is 13.4. The molecule has 0 radical (unpaired) electrons. The molecule has 7 heteroatoms. The summed E-state index contributed by atoms with van der Waals surface area (Å²) in [5, 5.41) is 17.4. The van der Waals surface area contributed by atoms with Gasteiger partial charge >= 0.3 is 6.18 Å². The summed E-state index contributed by atoms with van der Waals surface area (Å²) < 4.78 is 42.0. The quantitative estimate of drug-likeness (QED) is 0.657. The van der Waals surface area contributed by atoms with E-state index in [0.717, 1.165) is 56.8 Å². The fourth-order valence-electron chi connectivity index (χ4n) is 4.27. The number of nitrogens with zero attached hydrogens (tertiary/aromatic N) is 4. The van der Waals surface area contributed by atoms with E-state index in [-0.39, 0.29) is 16.8 Å². The predicted octanol–water partition coefficient (Wildman–Crippen LogP) is 5.40. The van der Waals surface area contributed by atoms with Crippen LogP contribution < -0.4 is 0 Å². The fraction of sp³-hybridized carbons (Fsp3) is 0.550. The Bertz CT molecular complexity index is 826. The van der Waals surface area contributed by atoms with Crippen LogP contribution in [-0.2, 0) is 18.6 Å². The van der Waals surface area contributed by atoms with Gasteiger partial charge in [-0.05, 0) is 31.7 Å². The van der Waals surface area contributed by atoms with Crippen LogP contribution in [0.15, 0.2) is 24.3 Å². The first-order chi connectivity index (χ1) is 12.9. The number of aromatic nitrogens is 3. The van der Waals surface area contributed by atoms with Crippen molar-refractivity contribution >= 4 is 0 Å². The van der Waals surface area contributed by atoms with Crippen molar-refractivity contribution in [3.8, 4) is 17.5 Å². The average molecular weight is 376 g/mol. The Balaban J connectivity index is 2.03. The van der Waals surface area contributed by atoms with Gasteiger partial charge in [-0.1, -0.05) is 37.5 Å². The second-order valence-electron chi connectivity index (χ2n) is 7.30. The number of halogens is 3. The van der Waals surface area contributed by atoms with Crippen LogP contribution in [0.1, 0.15) is 62.8 Å². The Kier molecular flexibility index (Phi) is 5.54. The van der Waals surface area contributed by atoms with Crippen molar-refractivity contribution in [3.63, 3.8) is 0 Å². The minimum Gasteiger partial charge on any atom is -0.314 e. The lowest BCUT2D eigenvalue weighted by Crippen LogP contribution is -2.32. The number of rotatable bonds is 5. The second kappa shape index (κ2) is 7.71. The Morgan fingerprint density at radius 3 is 2.52 bits per heavy atom. The van der Waals surface area contributed by atoms with Gasteiger partial charge in [0.2, 0.25) is 0 Å². The zero-order chi connectivity index (χ0) is 19.5. The van der Waals surface area contributed by atoms with Crippen LogP contribution in [0.5, 0.6) is 0 Å². The third kappa shape index (κ3) is 3.85. The molecule has 2 aromatic rings. The summed E-state index contributed by atoms with van der Waals surface area (Å²) in [4.78, 5) is 0. The Labute approximate surface area is 157 Å². The van der Waals surface area contributed by atoms with E-state index in [1.807, 2.05) is 0 Å². The summed E-state index contributed by atoms with van der Waals surface area (Å²) in [5.74, 6) is 0.982. The lowest BCUT2D eigenvalue weighted by molar-refractivity contribution is -0.137. The normalized spacial score (nSPS) is 16.9. The zero-order valence-electron chi connectivity index (χ0n) is 15.4. The highest BCUT2D eigenvalue weighted by Crippen LogP contribution is 2.44. The van der Waals surface area contributed by atoms with Gasteiger partial charge in [-0.3, -0.25) is 0 Å². The Morgan fingerprint density at radius 2 is 1.85 bits per heavy atom. The molecule has 3 rings (SSSR count). The van der Waals surface area contributed by atoms with Crippen LogP contribution in [0.3, 0.4) is 0 Å². The summed E-state index contributed by atoms with van der Waals surface area (Å²) in [7, 11) is 1.75. The zero-order valence-corrected chi connectivity index (χ0v) is 15.4. The van der Waals surface area contributed by atoms with Crippen LogP contribution >= 0.6 is 0 Å². The molecule has 4 nitrogen and oxygen atoms in total. The highest BCUT2D eigenvalue weighted by Gasteiger charge is 2.39. The second-order valence-corrected chi connectivity index (χ2v) is 7.30. The monoisotopic (exact) mass is 376 g/mol. The molecule has 1 saturated carbocycles. The molecule has 0 N–H and O–H groups in total. The number of alkyl halides is 3. The molecular weight excluding hydrogens is 353 g/mol. The molecule has 27 heavy (non-hydrogen) atoms. The molecule has 0 spiro atoms. The van der Waals surface area contributed by atoms with Gasteiger partial charge in [0.15, 0.2) is 5.82 Å². The smallest absolute Gasteiger partial charge is 0.314 e. The molecule has 144 valence electrons. The first-order valence-corrected chi connectivity index (χ1v) is 9.32. The molecule has 0 atom stereocenters. The van der Waals surface area contributed by atoms with Crippen LogP contribution in [-0.4, -0.2) is 14.8 Å². The molecule has 1 fully saturated rings. The van der Waals surface area contributed by atoms with Crippen molar-refractivity contribution < 1.29 is 13.2 Å². The summed E-state index contributed by atoms with van der Waals surface area (Å²) in [6.45, 7) is 0. The van der Waals surface area contributed by atoms with Crippen molar-refractivity contribution in [2.75, 3.05) is 0 Å². The lowest BCUT2D eigenvalue weighted by atomic mass is 9.70. The van der Waals surface area contributed by atoms with Gasteiger partial charge in [0, 0.05) is 24.4 Å². The van der Waals surface area contributed by atoms with Crippen LogP contribution in [0.25, 0.3) is 11.4 Å². The number of hydrogen-bond donors (Lipinski definition) is 0. The molecular formula is C20H23F3N4. The number of hydrogen-bond acceptors (Lipinski definition) is 3. The van der Waals surface area contributed by atoms with Gasteiger partial charge < -0.3 is 4.57 Å². The van der Waals surface area contributed by atoms with Gasteiger partial charge in [-0.25, -0.2) is 0 Å². The van der Waals surface area contributed by atoms with E-state index in [1.54, 1.807) is 17.7 Å². The van der Waals surface area contributed by atoms with E-state index in [0.29, 0.717) is 6.42 Å². The molecule has 0 saturated heterocycles. The van der Waals surface area contributed by atoms with Gasteiger partial charge in [-0.2, -0.15) is 18.4 Å². The van der Waals surface area contributed by atoms with E-state index < -0.39 is 11.7 Å². The molecule has 1 aliphatic carbocycles. The molecule has 1 aromatic heterocycles. The molecule has 1 aliphatic rings. The lowest BCUT2D eigenvalue weighted by Gasteiger charge is -2.36. The summed E-state index contributed by atoms with van der Waals surface area (Å²) in [6.07, 6.45) is 2.76. The van der Waals surface area contributed by atoms with E-state index in [1.165, 1.54) is 12.1 Å². The van der Waals surface area contributed by atoms with Gasteiger partial charge in [-0.15, -0.1) is 10.2 Å². The third-order valence-electron chi connectivity index (χ3n) is 5.58. The average Bonchev–Trinajstić information content (AvgIpc) is 3.04. The van der Waals surface area contributed by atoms with Crippen molar-refractivity contribution in [1.29, 1.82) is 5.26 Å². The SMILES string of the molecule is Cn1c(-c2ccccc2C(F)(F)F)nnc1C1(CCCC#N)CCCCC1. The molecule has 1 aromatic carbocycles. The summed E-state index contributed by atoms with van der Waals surface area (Å²) in [5.41, 5.74) is -0.856. The van der Waals surface area contributed by atoms with Crippen molar-refractivity contribution in [1.82, 2.24) is 14.8 Å². The van der Waals surface area contributed by atoms with E-state index >= 15 is 0 Å². The molecule has 0 amide bonds. The van der Waals surface area contributed by atoms with Gasteiger partial charge in [0.25, 0.3) is 0 Å². The number of benzene rings is 1. The molecule has 0 unspecified atom stereocenters. The van der Waals surface area contributed by atoms with Crippen LogP contribution in [0, 0.1) is 11.3 Å². The standard InChI is InChI=1S/C20H23F3N4/c1-27-17(15-9-3-4-10-16(15)20(21,22)23)25-26-18(27)19(13-7-8-14-24)11-5-2-6-12-19/h3-4,9-10H,2,5-8,11-13H2,1H3. The minimum atomic E-state index is -4.45. The Hall–Kier alpha value is -2.36. The van der Waals surface area contributed by atoms with Gasteiger partial charge in [0.1, 0.15) is 5.82 Å². The van der Waals surface area contributed by atoms with Crippen molar-refractivity contribution in [2.24, 2.45) is 7.05 Å². The minimum absolute atomic E-state index is 0.0502. The summed E-state index contributed by atoms with van der Waals surface area (Å²) in [6, 6.07) is 7.67. The van der Waals surface area contributed by atoms with Crippen molar-refractivity contribution in [3.05, 3.63) is 35.7 Å². The topological polar surface area (TPSA) is 54.5 Å². The third-order valence-corrected chi connectivity index (χ3v) is 5.58. The van der Waals surface area contributed by atoms with Crippen LogP contribution in [0.4, 0.5) is 13.2 Å². The largest absolute Gasteiger partial charge is 0.417 e. The van der Waals surface area contributed by atoms with Crippen LogP contribution in [0.2, 0.25) is 0 Å². The van der Waals surface area contributed by atoms with E-state index in [4.69, 9.17) is 5.26 Å². The summed E-state index contributed by atoms with van der Waals surface area (Å²) >= 11 is 0. The van der Waals surface area contributed by atoms with Crippen molar-refractivity contribution in [2.45, 2.75) is 63.0 Å². The number of unbranched alkanes of at least 4 members (excludes halogenated alkanes) is 1. The highest BCUT2D eigenvalue weighted by atomic mass is 19.4. The maximum Gasteiger partial charge on any atom is 0.417 e. The maximum absolute atomic E-state index is 13.4. The molecule has 1 heterocycles. The van der Waals surface area contributed by atoms with Gasteiger partial charge in [0.05, 0.1) is 11.6 Å².